The van der Waals surface area contributed by atoms with Gasteiger partial charge in [-0.3, -0.25) is 0 Å². The van der Waals surface area contributed by atoms with Gasteiger partial charge in [0.05, 0.1) is 5.92 Å². The highest BCUT2D eigenvalue weighted by Gasteiger charge is 2.49. The summed E-state index contributed by atoms with van der Waals surface area (Å²) >= 11 is 0. The van der Waals surface area contributed by atoms with Gasteiger partial charge in [0, 0.05) is 12.0 Å². The molecule has 0 bridgehead atoms. The van der Waals surface area contributed by atoms with E-state index in [0.29, 0.717) is 23.3 Å². The molecule has 1 aromatic rings. The van der Waals surface area contributed by atoms with Crippen LogP contribution in [0.25, 0.3) is 0 Å². The molecule has 0 spiro atoms. The fourth-order valence-electron chi connectivity index (χ4n) is 3.38. The van der Waals surface area contributed by atoms with Gasteiger partial charge in [0.1, 0.15) is 0 Å². The first-order valence-corrected chi connectivity index (χ1v) is 7.68. The van der Waals surface area contributed by atoms with Crippen molar-refractivity contribution >= 4 is 0 Å². The maximum Gasteiger partial charge on any atom is 0.231 e. The Kier molecular flexibility index (Phi) is 3.37. The van der Waals surface area contributed by atoms with Gasteiger partial charge < -0.3 is 9.84 Å². The molecule has 2 aliphatic carbocycles. The van der Waals surface area contributed by atoms with Crippen molar-refractivity contribution in [3.8, 4) is 0 Å². The largest absolute Gasteiger partial charge is 0.339 e. The van der Waals surface area contributed by atoms with Crippen molar-refractivity contribution < 1.29 is 4.52 Å². The van der Waals surface area contributed by atoms with Gasteiger partial charge in [0.25, 0.3) is 0 Å². The third-order valence-electron chi connectivity index (χ3n) is 4.83. The molecule has 0 amide bonds. The number of aromatic nitrogens is 2. The maximum absolute atomic E-state index is 5.57. The number of rotatable bonds is 4. The summed E-state index contributed by atoms with van der Waals surface area (Å²) in [7, 11) is 0. The summed E-state index contributed by atoms with van der Waals surface area (Å²) in [5.74, 6) is 2.71. The lowest BCUT2D eigenvalue weighted by Gasteiger charge is -2.29. The second kappa shape index (κ2) is 4.89. The number of nitrogens with one attached hydrogen (secondary N) is 1. The summed E-state index contributed by atoms with van der Waals surface area (Å²) in [5, 5.41) is 7.81. The first-order valence-electron chi connectivity index (χ1n) is 7.68. The standard InChI is InChI=1S/C15H25N3O/c1-4-16-12-8-6-5-7-10(12)14-17-13(18-19-14)11-9-15(11,2)3/h10-12,16H,4-9H2,1-3H3. The van der Waals surface area contributed by atoms with Crippen molar-refractivity contribution in [2.24, 2.45) is 5.41 Å². The van der Waals surface area contributed by atoms with E-state index in [-0.39, 0.29) is 0 Å². The number of likely N-dealkylation sites (N-methyl/N-ethyl adjacent to an activating group) is 1. The van der Waals surface area contributed by atoms with E-state index in [9.17, 15) is 0 Å². The minimum Gasteiger partial charge on any atom is -0.339 e. The Balaban J connectivity index is 1.74. The fourth-order valence-corrected chi connectivity index (χ4v) is 3.38. The Labute approximate surface area is 115 Å². The summed E-state index contributed by atoms with van der Waals surface area (Å²) in [4.78, 5) is 4.71. The number of hydrogen-bond donors (Lipinski definition) is 1. The highest BCUT2D eigenvalue weighted by Crippen LogP contribution is 2.57. The smallest absolute Gasteiger partial charge is 0.231 e. The molecule has 0 saturated heterocycles. The molecule has 2 aliphatic rings. The van der Waals surface area contributed by atoms with Crippen LogP contribution in [0.2, 0.25) is 0 Å². The van der Waals surface area contributed by atoms with Crippen molar-refractivity contribution in [2.75, 3.05) is 6.54 Å². The predicted octanol–water partition coefficient (Wildman–Crippen LogP) is 3.22. The van der Waals surface area contributed by atoms with Crippen LogP contribution in [-0.2, 0) is 0 Å². The van der Waals surface area contributed by atoms with E-state index in [1.54, 1.807) is 0 Å². The van der Waals surface area contributed by atoms with Crippen LogP contribution in [0.1, 0.15) is 76.4 Å². The van der Waals surface area contributed by atoms with Gasteiger partial charge in [-0.1, -0.05) is 38.8 Å². The normalized spacial score (nSPS) is 33.3. The molecule has 1 heterocycles. The third kappa shape index (κ3) is 2.55. The molecule has 2 fully saturated rings. The highest BCUT2D eigenvalue weighted by atomic mass is 16.5. The summed E-state index contributed by atoms with van der Waals surface area (Å²) in [6.07, 6.45) is 6.18. The zero-order valence-corrected chi connectivity index (χ0v) is 12.3. The van der Waals surface area contributed by atoms with Crippen LogP contribution < -0.4 is 5.32 Å². The van der Waals surface area contributed by atoms with E-state index < -0.39 is 0 Å². The van der Waals surface area contributed by atoms with Crippen LogP contribution in [0.4, 0.5) is 0 Å². The lowest BCUT2D eigenvalue weighted by Crippen LogP contribution is -2.37. The highest BCUT2D eigenvalue weighted by molar-refractivity contribution is 5.15. The predicted molar refractivity (Wildman–Crippen MR) is 74.1 cm³/mol. The summed E-state index contributed by atoms with van der Waals surface area (Å²) in [6, 6.07) is 0.513. The monoisotopic (exact) mass is 263 g/mol. The van der Waals surface area contributed by atoms with Crippen molar-refractivity contribution in [3.63, 3.8) is 0 Å². The average molecular weight is 263 g/mol. The Hall–Kier alpha value is -0.900. The lowest BCUT2D eigenvalue weighted by atomic mass is 9.84. The maximum atomic E-state index is 5.57. The molecule has 4 nitrogen and oxygen atoms in total. The Morgan fingerprint density at radius 3 is 2.74 bits per heavy atom. The first-order chi connectivity index (χ1) is 9.12. The third-order valence-corrected chi connectivity index (χ3v) is 4.83. The van der Waals surface area contributed by atoms with Crippen molar-refractivity contribution in [1.29, 1.82) is 0 Å². The number of hydrogen-bond acceptors (Lipinski definition) is 4. The average Bonchev–Trinajstić information content (AvgIpc) is 2.84. The molecule has 3 rings (SSSR count). The molecule has 1 aromatic heterocycles. The lowest BCUT2D eigenvalue weighted by molar-refractivity contribution is 0.264. The van der Waals surface area contributed by atoms with E-state index in [1.807, 2.05) is 0 Å². The molecule has 106 valence electrons. The van der Waals surface area contributed by atoms with Gasteiger partial charge in [-0.2, -0.15) is 4.98 Å². The topological polar surface area (TPSA) is 51.0 Å². The van der Waals surface area contributed by atoms with E-state index in [1.165, 1.54) is 32.1 Å². The summed E-state index contributed by atoms with van der Waals surface area (Å²) in [6.45, 7) is 7.72. The summed E-state index contributed by atoms with van der Waals surface area (Å²) < 4.78 is 5.57. The van der Waals surface area contributed by atoms with Crippen LogP contribution in [0.15, 0.2) is 4.52 Å². The minimum atomic E-state index is 0.370. The SMILES string of the molecule is CCNC1CCCCC1c1nc(C2CC2(C)C)no1. The van der Waals surface area contributed by atoms with Gasteiger partial charge in [0.2, 0.25) is 5.89 Å². The molecule has 0 radical (unpaired) electrons. The molecule has 3 atom stereocenters. The van der Waals surface area contributed by atoms with Gasteiger partial charge in [-0.25, -0.2) is 0 Å². The Morgan fingerprint density at radius 1 is 1.32 bits per heavy atom. The molecule has 0 aliphatic heterocycles. The van der Waals surface area contributed by atoms with E-state index in [0.717, 1.165) is 18.3 Å². The van der Waals surface area contributed by atoms with Crippen molar-refractivity contribution in [1.82, 2.24) is 15.5 Å². The molecule has 19 heavy (non-hydrogen) atoms. The zero-order valence-electron chi connectivity index (χ0n) is 12.3. The Bertz CT molecular complexity index is 438. The molecule has 0 aromatic carbocycles. The van der Waals surface area contributed by atoms with Crippen molar-refractivity contribution in [2.45, 2.75) is 70.8 Å². The molecule has 1 N–H and O–H groups in total. The van der Waals surface area contributed by atoms with E-state index >= 15 is 0 Å². The van der Waals surface area contributed by atoms with Crippen LogP contribution in [0, 0.1) is 5.41 Å². The quantitative estimate of drug-likeness (QED) is 0.906. The minimum absolute atomic E-state index is 0.370. The van der Waals surface area contributed by atoms with Crippen LogP contribution in [0.5, 0.6) is 0 Å². The molecular weight excluding hydrogens is 238 g/mol. The number of nitrogens with zero attached hydrogens (tertiary/aromatic N) is 2. The second-order valence-electron chi connectivity index (χ2n) is 6.79. The van der Waals surface area contributed by atoms with Crippen LogP contribution in [0.3, 0.4) is 0 Å². The van der Waals surface area contributed by atoms with Gasteiger partial charge in [0.15, 0.2) is 5.82 Å². The van der Waals surface area contributed by atoms with E-state index in [2.05, 4.69) is 31.2 Å². The zero-order chi connectivity index (χ0) is 13.5. The van der Waals surface area contributed by atoms with Gasteiger partial charge >= 0.3 is 0 Å². The van der Waals surface area contributed by atoms with Crippen LogP contribution in [-0.4, -0.2) is 22.7 Å². The van der Waals surface area contributed by atoms with Crippen LogP contribution >= 0.6 is 0 Å². The fraction of sp³-hybridized carbons (Fsp3) is 0.867. The summed E-state index contributed by atoms with van der Waals surface area (Å²) in [5.41, 5.74) is 0.370. The van der Waals surface area contributed by atoms with Gasteiger partial charge in [-0.05, 0) is 31.2 Å². The van der Waals surface area contributed by atoms with Gasteiger partial charge in [-0.15, -0.1) is 0 Å². The molecule has 4 heteroatoms. The molecule has 2 saturated carbocycles. The van der Waals surface area contributed by atoms with E-state index in [4.69, 9.17) is 9.51 Å². The Morgan fingerprint density at radius 2 is 2.05 bits per heavy atom. The second-order valence-corrected chi connectivity index (χ2v) is 6.79. The van der Waals surface area contributed by atoms with Crippen molar-refractivity contribution in [3.05, 3.63) is 11.7 Å². The first kappa shape index (κ1) is 13.1. The molecular formula is C15H25N3O. The molecule has 3 unspecified atom stereocenters.